The third-order valence-corrected chi connectivity index (χ3v) is 10.5. The summed E-state index contributed by atoms with van der Waals surface area (Å²) >= 11 is 0. The Morgan fingerprint density at radius 1 is 0.864 bits per heavy atom. The first-order chi connectivity index (χ1) is 28.7. The standard InChI is InChI=1S/C47H48N4O8/c52-41-21-19-39(40-20-22-43(54)50-44(40)41)42(53)29-48-28-32-15-17-34(18-16-32)45(55)49-24-8-26-58-37-14-7-13-36(27-37)47(57,35-11-5-2-6-12-35)46(56)59-38-23-25-51(31-38)30-33-9-3-1-4-10-33/h1-7,9-22,27,38,42,48,52-53,57H,8,23-26,28-31H2,(H,49,55)(H,50,54)/t38-,42-,47?/m0/s1. The largest absolute Gasteiger partial charge is 0.506 e. The molecule has 0 bridgehead atoms. The number of hydrogen-bond acceptors (Lipinski definition) is 10. The summed E-state index contributed by atoms with van der Waals surface area (Å²) in [6, 6.07) is 38.9. The van der Waals surface area contributed by atoms with Crippen molar-refractivity contribution in [2.45, 2.75) is 43.7 Å². The zero-order valence-electron chi connectivity index (χ0n) is 32.6. The van der Waals surface area contributed by atoms with Crippen LogP contribution in [-0.2, 0) is 28.2 Å². The van der Waals surface area contributed by atoms with Gasteiger partial charge in [-0.3, -0.25) is 14.5 Å². The average molecular weight is 797 g/mol. The number of esters is 1. The number of aromatic nitrogens is 1. The molecule has 6 aromatic rings. The number of aromatic amines is 1. The first-order valence-electron chi connectivity index (χ1n) is 19.8. The molecule has 0 spiro atoms. The van der Waals surface area contributed by atoms with Crippen LogP contribution in [0.2, 0.25) is 0 Å². The number of nitrogens with one attached hydrogen (secondary N) is 3. The zero-order valence-corrected chi connectivity index (χ0v) is 32.6. The molecular formula is C47H48N4O8. The smallest absolute Gasteiger partial charge is 0.348 e. The summed E-state index contributed by atoms with van der Waals surface area (Å²) in [4.78, 5) is 43.3. The highest BCUT2D eigenvalue weighted by molar-refractivity contribution is 5.94. The van der Waals surface area contributed by atoms with Crippen LogP contribution >= 0.6 is 0 Å². The van der Waals surface area contributed by atoms with Gasteiger partial charge in [-0.15, -0.1) is 0 Å². The predicted octanol–water partition coefficient (Wildman–Crippen LogP) is 5.31. The molecule has 304 valence electrons. The Labute approximate surface area is 342 Å². The van der Waals surface area contributed by atoms with E-state index in [1.54, 1.807) is 72.8 Å². The summed E-state index contributed by atoms with van der Waals surface area (Å²) in [5, 5.41) is 39.8. The van der Waals surface area contributed by atoms with Gasteiger partial charge in [-0.1, -0.05) is 91.0 Å². The van der Waals surface area contributed by atoms with Crippen molar-refractivity contribution >= 4 is 22.8 Å². The monoisotopic (exact) mass is 796 g/mol. The Balaban J connectivity index is 0.872. The van der Waals surface area contributed by atoms with E-state index in [-0.39, 0.29) is 42.0 Å². The lowest BCUT2D eigenvalue weighted by Gasteiger charge is -2.29. The van der Waals surface area contributed by atoms with Crippen molar-refractivity contribution in [3.05, 3.63) is 177 Å². The number of hydrogen-bond donors (Lipinski definition) is 6. The minimum Gasteiger partial charge on any atom is -0.506 e. The fourth-order valence-corrected chi connectivity index (χ4v) is 7.36. The number of phenolic OH excluding ortho intramolecular Hbond substituents is 1. The number of pyridine rings is 1. The lowest BCUT2D eigenvalue weighted by atomic mass is 9.86. The molecule has 1 saturated heterocycles. The van der Waals surface area contributed by atoms with Crippen molar-refractivity contribution in [1.82, 2.24) is 20.5 Å². The van der Waals surface area contributed by atoms with Gasteiger partial charge in [0, 0.05) is 61.8 Å². The lowest BCUT2D eigenvalue weighted by Crippen LogP contribution is -2.41. The molecular weight excluding hydrogens is 749 g/mol. The maximum Gasteiger partial charge on any atom is 0.348 e. The summed E-state index contributed by atoms with van der Waals surface area (Å²) in [6.07, 6.45) is -0.0551. The molecule has 0 radical (unpaired) electrons. The Kier molecular flexibility index (Phi) is 13.1. The zero-order chi connectivity index (χ0) is 41.2. The number of carbonyl (C=O) groups is 2. The molecule has 1 unspecified atom stereocenters. The second-order valence-corrected chi connectivity index (χ2v) is 14.7. The van der Waals surface area contributed by atoms with E-state index in [1.807, 2.05) is 36.4 Å². The molecule has 12 heteroatoms. The van der Waals surface area contributed by atoms with E-state index in [0.717, 1.165) is 18.7 Å². The minimum absolute atomic E-state index is 0.0676. The SMILES string of the molecule is O=C(NCCCOc1cccc(C(O)(C(=O)O[C@H]2CCN(Cc3ccccc3)C2)c2ccccc2)c1)c1ccc(CNC[C@H](O)c2ccc(O)c3[nH]c(=O)ccc23)cc1. The number of aromatic hydroxyl groups is 1. The van der Waals surface area contributed by atoms with E-state index in [0.29, 0.717) is 65.9 Å². The number of amides is 1. The first-order valence-corrected chi connectivity index (χ1v) is 19.8. The number of aliphatic hydroxyl groups is 2. The van der Waals surface area contributed by atoms with Gasteiger partial charge < -0.3 is 40.4 Å². The van der Waals surface area contributed by atoms with Gasteiger partial charge in [0.1, 0.15) is 17.6 Å². The molecule has 0 saturated carbocycles. The fourth-order valence-electron chi connectivity index (χ4n) is 7.36. The molecule has 5 aromatic carbocycles. The maximum absolute atomic E-state index is 13.9. The number of benzene rings is 5. The van der Waals surface area contributed by atoms with Crippen molar-refractivity contribution in [2.24, 2.45) is 0 Å². The second kappa shape index (κ2) is 19.0. The molecule has 6 N–H and O–H groups in total. The fraction of sp³-hybridized carbons (Fsp3) is 0.255. The van der Waals surface area contributed by atoms with Crippen molar-refractivity contribution in [1.29, 1.82) is 0 Å². The molecule has 2 heterocycles. The van der Waals surface area contributed by atoms with Crippen molar-refractivity contribution in [3.8, 4) is 11.5 Å². The molecule has 1 aromatic heterocycles. The second-order valence-electron chi connectivity index (χ2n) is 14.7. The van der Waals surface area contributed by atoms with Gasteiger partial charge >= 0.3 is 5.97 Å². The van der Waals surface area contributed by atoms with Crippen molar-refractivity contribution in [2.75, 3.05) is 32.8 Å². The molecule has 1 amide bonds. The Hall–Kier alpha value is -6.31. The molecule has 0 aliphatic carbocycles. The number of aliphatic hydroxyl groups excluding tert-OH is 1. The number of ether oxygens (including phenoxy) is 2. The minimum atomic E-state index is -2.05. The topological polar surface area (TPSA) is 173 Å². The van der Waals surface area contributed by atoms with Crippen LogP contribution in [0.3, 0.4) is 0 Å². The molecule has 12 nitrogen and oxygen atoms in total. The van der Waals surface area contributed by atoms with E-state index in [1.165, 1.54) is 17.7 Å². The number of likely N-dealkylation sites (tertiary alicyclic amines) is 1. The number of H-pyrrole nitrogens is 1. The highest BCUT2D eigenvalue weighted by Crippen LogP contribution is 2.34. The van der Waals surface area contributed by atoms with E-state index in [9.17, 15) is 29.7 Å². The quantitative estimate of drug-likeness (QED) is 0.0525. The van der Waals surface area contributed by atoms with Gasteiger partial charge in [-0.2, -0.15) is 0 Å². The number of carbonyl (C=O) groups excluding carboxylic acids is 2. The van der Waals surface area contributed by atoms with E-state index in [2.05, 4.69) is 32.7 Å². The van der Waals surface area contributed by atoms with E-state index < -0.39 is 17.7 Å². The van der Waals surface area contributed by atoms with Gasteiger partial charge in [0.25, 0.3) is 5.91 Å². The van der Waals surface area contributed by atoms with Gasteiger partial charge in [0.2, 0.25) is 11.2 Å². The third-order valence-electron chi connectivity index (χ3n) is 10.5. The molecule has 1 aliphatic rings. The molecule has 1 aliphatic heterocycles. The molecule has 3 atom stereocenters. The van der Waals surface area contributed by atoms with Crippen LogP contribution < -0.4 is 20.9 Å². The van der Waals surface area contributed by atoms with Crippen LogP contribution in [0.1, 0.15) is 57.1 Å². The lowest BCUT2D eigenvalue weighted by molar-refractivity contribution is -0.167. The first kappa shape index (κ1) is 40.9. The highest BCUT2D eigenvalue weighted by atomic mass is 16.6. The Morgan fingerprint density at radius 2 is 1.61 bits per heavy atom. The molecule has 7 rings (SSSR count). The van der Waals surface area contributed by atoms with Crippen LogP contribution in [-0.4, -0.2) is 76.0 Å². The normalized spacial score (nSPS) is 15.7. The van der Waals surface area contributed by atoms with Crippen LogP contribution in [0.5, 0.6) is 11.5 Å². The van der Waals surface area contributed by atoms with Crippen LogP contribution in [0.4, 0.5) is 0 Å². The predicted molar refractivity (Wildman–Crippen MR) is 224 cm³/mol. The number of fused-ring (bicyclic) bond motifs is 1. The van der Waals surface area contributed by atoms with Crippen molar-refractivity contribution < 1.29 is 34.4 Å². The Morgan fingerprint density at radius 3 is 2.39 bits per heavy atom. The molecule has 59 heavy (non-hydrogen) atoms. The van der Waals surface area contributed by atoms with Gasteiger partial charge in [0.15, 0.2) is 0 Å². The van der Waals surface area contributed by atoms with Crippen LogP contribution in [0.25, 0.3) is 10.9 Å². The van der Waals surface area contributed by atoms with Gasteiger partial charge in [-0.25, -0.2) is 4.79 Å². The number of nitrogens with zero attached hydrogens (tertiary/aromatic N) is 1. The maximum atomic E-state index is 13.9. The number of rotatable bonds is 17. The van der Waals surface area contributed by atoms with Crippen LogP contribution in [0, 0.1) is 0 Å². The highest BCUT2D eigenvalue weighted by Gasteiger charge is 2.43. The average Bonchev–Trinajstić information content (AvgIpc) is 3.70. The third kappa shape index (κ3) is 10.1. The van der Waals surface area contributed by atoms with E-state index >= 15 is 0 Å². The van der Waals surface area contributed by atoms with Crippen LogP contribution in [0.15, 0.2) is 138 Å². The molecule has 1 fully saturated rings. The summed E-state index contributed by atoms with van der Waals surface area (Å²) in [5.41, 5.74) is 1.79. The van der Waals surface area contributed by atoms with Crippen molar-refractivity contribution in [3.63, 3.8) is 0 Å². The summed E-state index contributed by atoms with van der Waals surface area (Å²) < 4.78 is 12.0. The summed E-state index contributed by atoms with van der Waals surface area (Å²) in [7, 11) is 0. The van der Waals surface area contributed by atoms with Gasteiger partial charge in [-0.05, 0) is 71.5 Å². The number of phenols is 1. The van der Waals surface area contributed by atoms with Gasteiger partial charge in [0.05, 0.1) is 18.2 Å². The van der Waals surface area contributed by atoms with E-state index in [4.69, 9.17) is 9.47 Å². The summed E-state index contributed by atoms with van der Waals surface area (Å²) in [6.45, 7) is 3.44. The summed E-state index contributed by atoms with van der Waals surface area (Å²) in [5.74, 6) is -0.563. The Bertz CT molecular complexity index is 2410.